The van der Waals surface area contributed by atoms with E-state index < -0.39 is 0 Å². The molecule has 0 aromatic carbocycles. The Labute approximate surface area is 66.0 Å². The fourth-order valence-electron chi connectivity index (χ4n) is 0.987. The van der Waals surface area contributed by atoms with E-state index in [4.69, 9.17) is 4.74 Å². The molecule has 0 aliphatic carbocycles. The summed E-state index contributed by atoms with van der Waals surface area (Å²) >= 11 is 0. The Morgan fingerprint density at radius 1 is 1.73 bits per heavy atom. The Kier molecular flexibility index (Phi) is 3.11. The lowest BCUT2D eigenvalue weighted by Gasteiger charge is -1.96. The van der Waals surface area contributed by atoms with Crippen LogP contribution in [0, 0.1) is 5.92 Å². The highest BCUT2D eigenvalue weighted by Gasteiger charge is 2.11. The fourth-order valence-corrected chi connectivity index (χ4v) is 0.987. The van der Waals surface area contributed by atoms with Gasteiger partial charge in [0.05, 0.1) is 13.7 Å². The van der Waals surface area contributed by atoms with Gasteiger partial charge in [0.25, 0.3) is 0 Å². The highest BCUT2D eigenvalue weighted by molar-refractivity contribution is 5.81. The molecule has 0 saturated carbocycles. The number of ether oxygens (including phenoxy) is 2. The van der Waals surface area contributed by atoms with Gasteiger partial charge in [-0.05, 0) is 6.42 Å². The molecule has 0 spiro atoms. The van der Waals surface area contributed by atoms with Crippen LogP contribution in [-0.4, -0.2) is 26.3 Å². The van der Waals surface area contributed by atoms with Gasteiger partial charge in [-0.2, -0.15) is 0 Å². The van der Waals surface area contributed by atoms with E-state index in [0.717, 1.165) is 19.6 Å². The van der Waals surface area contributed by atoms with Gasteiger partial charge >= 0.3 is 5.97 Å². The molecule has 11 heavy (non-hydrogen) atoms. The first-order chi connectivity index (χ1) is 5.33. The molecule has 1 saturated heterocycles. The molecule has 3 heteroatoms. The van der Waals surface area contributed by atoms with Gasteiger partial charge in [-0.3, -0.25) is 0 Å². The minimum Gasteiger partial charge on any atom is -0.466 e. The first-order valence-electron chi connectivity index (χ1n) is 3.67. The molecule has 0 radical (unpaired) electrons. The van der Waals surface area contributed by atoms with Gasteiger partial charge in [0, 0.05) is 18.6 Å². The largest absolute Gasteiger partial charge is 0.466 e. The molecule has 1 atom stereocenters. The van der Waals surface area contributed by atoms with Crippen molar-refractivity contribution in [2.75, 3.05) is 20.3 Å². The zero-order valence-corrected chi connectivity index (χ0v) is 6.58. The van der Waals surface area contributed by atoms with E-state index in [9.17, 15) is 4.79 Å². The summed E-state index contributed by atoms with van der Waals surface area (Å²) in [5.41, 5.74) is 0. The van der Waals surface area contributed by atoms with E-state index in [0.29, 0.717) is 5.92 Å². The van der Waals surface area contributed by atoms with E-state index in [1.54, 1.807) is 0 Å². The van der Waals surface area contributed by atoms with E-state index in [1.807, 2.05) is 6.08 Å². The molecule has 1 fully saturated rings. The van der Waals surface area contributed by atoms with Crippen molar-refractivity contribution < 1.29 is 14.3 Å². The van der Waals surface area contributed by atoms with Crippen LogP contribution in [0.2, 0.25) is 0 Å². The van der Waals surface area contributed by atoms with Gasteiger partial charge in [0.15, 0.2) is 0 Å². The number of hydrogen-bond acceptors (Lipinski definition) is 3. The predicted octanol–water partition coefficient (Wildman–Crippen LogP) is 0.752. The van der Waals surface area contributed by atoms with Crippen LogP contribution in [0.25, 0.3) is 0 Å². The van der Waals surface area contributed by atoms with Crippen molar-refractivity contribution in [2.45, 2.75) is 6.42 Å². The topological polar surface area (TPSA) is 35.5 Å². The summed E-state index contributed by atoms with van der Waals surface area (Å²) < 4.78 is 9.56. The molecule has 1 aliphatic heterocycles. The van der Waals surface area contributed by atoms with Gasteiger partial charge in [0.2, 0.25) is 0 Å². The molecule has 0 bridgehead atoms. The lowest BCUT2D eigenvalue weighted by atomic mass is 10.1. The van der Waals surface area contributed by atoms with Crippen molar-refractivity contribution in [2.24, 2.45) is 5.92 Å². The lowest BCUT2D eigenvalue weighted by Crippen LogP contribution is -1.98. The molecule has 1 rings (SSSR count). The molecule has 0 N–H and O–H groups in total. The normalized spacial score (nSPS) is 24.3. The first-order valence-corrected chi connectivity index (χ1v) is 3.67. The molecule has 1 heterocycles. The highest BCUT2D eigenvalue weighted by atomic mass is 16.5. The van der Waals surface area contributed by atoms with Gasteiger partial charge in [0.1, 0.15) is 0 Å². The zero-order chi connectivity index (χ0) is 8.10. The Balaban J connectivity index is 2.27. The second kappa shape index (κ2) is 4.13. The summed E-state index contributed by atoms with van der Waals surface area (Å²) in [7, 11) is 1.37. The smallest absolute Gasteiger partial charge is 0.330 e. The van der Waals surface area contributed by atoms with Gasteiger partial charge in [-0.25, -0.2) is 4.79 Å². The number of carbonyl (C=O) groups is 1. The standard InChI is InChI=1S/C8H12O3/c1-10-8(9)3-2-7-4-5-11-6-7/h2-3,7H,4-6H2,1H3/b3-2+. The van der Waals surface area contributed by atoms with Crippen molar-refractivity contribution in [3.8, 4) is 0 Å². The monoisotopic (exact) mass is 156 g/mol. The van der Waals surface area contributed by atoms with Crippen LogP contribution in [0.5, 0.6) is 0 Å². The predicted molar refractivity (Wildman–Crippen MR) is 40.1 cm³/mol. The second-order valence-electron chi connectivity index (χ2n) is 2.51. The molecule has 1 aliphatic rings. The number of methoxy groups -OCH3 is 1. The van der Waals surface area contributed by atoms with Crippen LogP contribution in [0.1, 0.15) is 6.42 Å². The quantitative estimate of drug-likeness (QED) is 0.437. The number of esters is 1. The van der Waals surface area contributed by atoms with E-state index in [2.05, 4.69) is 4.74 Å². The maximum atomic E-state index is 10.6. The lowest BCUT2D eigenvalue weighted by molar-refractivity contribution is -0.134. The van der Waals surface area contributed by atoms with Crippen LogP contribution in [0.15, 0.2) is 12.2 Å². The summed E-state index contributed by atoms with van der Waals surface area (Å²) in [5, 5.41) is 0. The van der Waals surface area contributed by atoms with Crippen LogP contribution in [-0.2, 0) is 14.3 Å². The molecule has 0 aromatic heterocycles. The fraction of sp³-hybridized carbons (Fsp3) is 0.625. The molecule has 0 amide bonds. The summed E-state index contributed by atoms with van der Waals surface area (Å²) in [5.74, 6) is 0.103. The number of carbonyl (C=O) groups excluding carboxylic acids is 1. The Morgan fingerprint density at radius 3 is 3.09 bits per heavy atom. The summed E-state index contributed by atoms with van der Waals surface area (Å²) in [4.78, 5) is 10.6. The second-order valence-corrected chi connectivity index (χ2v) is 2.51. The van der Waals surface area contributed by atoms with E-state index >= 15 is 0 Å². The van der Waals surface area contributed by atoms with Gasteiger partial charge in [-0.1, -0.05) is 6.08 Å². The van der Waals surface area contributed by atoms with Crippen molar-refractivity contribution >= 4 is 5.97 Å². The van der Waals surface area contributed by atoms with Crippen LogP contribution >= 0.6 is 0 Å². The average Bonchev–Trinajstić information content (AvgIpc) is 2.52. The molecule has 3 nitrogen and oxygen atoms in total. The summed E-state index contributed by atoms with van der Waals surface area (Å²) in [6.45, 7) is 1.53. The summed E-state index contributed by atoms with van der Waals surface area (Å²) in [6.07, 6.45) is 4.31. The number of rotatable bonds is 2. The van der Waals surface area contributed by atoms with Gasteiger partial charge < -0.3 is 9.47 Å². The minimum absolute atomic E-state index is 0.295. The zero-order valence-electron chi connectivity index (χ0n) is 6.58. The SMILES string of the molecule is COC(=O)/C=C/C1CCOC1. The third kappa shape index (κ3) is 2.72. The Morgan fingerprint density at radius 2 is 2.55 bits per heavy atom. The molecule has 0 aromatic rings. The highest BCUT2D eigenvalue weighted by Crippen LogP contribution is 2.12. The Hall–Kier alpha value is -0.830. The summed E-state index contributed by atoms with van der Waals surface area (Å²) in [6, 6.07) is 0. The Bertz CT molecular complexity index is 157. The molecule has 62 valence electrons. The first kappa shape index (κ1) is 8.27. The van der Waals surface area contributed by atoms with Crippen molar-refractivity contribution in [1.82, 2.24) is 0 Å². The molecular weight excluding hydrogens is 144 g/mol. The van der Waals surface area contributed by atoms with Gasteiger partial charge in [-0.15, -0.1) is 0 Å². The van der Waals surface area contributed by atoms with Crippen LogP contribution in [0.3, 0.4) is 0 Å². The third-order valence-electron chi connectivity index (χ3n) is 1.67. The van der Waals surface area contributed by atoms with Crippen LogP contribution < -0.4 is 0 Å². The van der Waals surface area contributed by atoms with E-state index in [1.165, 1.54) is 13.2 Å². The number of hydrogen-bond donors (Lipinski definition) is 0. The maximum Gasteiger partial charge on any atom is 0.330 e. The molecular formula is C8H12O3. The molecule has 1 unspecified atom stereocenters. The average molecular weight is 156 g/mol. The third-order valence-corrected chi connectivity index (χ3v) is 1.67. The minimum atomic E-state index is -0.295. The maximum absolute atomic E-state index is 10.6. The van der Waals surface area contributed by atoms with E-state index in [-0.39, 0.29) is 5.97 Å². The van der Waals surface area contributed by atoms with Crippen molar-refractivity contribution in [1.29, 1.82) is 0 Å². The van der Waals surface area contributed by atoms with Crippen molar-refractivity contribution in [3.05, 3.63) is 12.2 Å². The van der Waals surface area contributed by atoms with Crippen LogP contribution in [0.4, 0.5) is 0 Å². The van der Waals surface area contributed by atoms with Crippen molar-refractivity contribution in [3.63, 3.8) is 0 Å².